The first-order valence-electron chi connectivity index (χ1n) is 9.60. The van der Waals surface area contributed by atoms with Gasteiger partial charge in [0.25, 0.3) is 5.91 Å². The number of hydrogen-bond donors (Lipinski definition) is 1. The van der Waals surface area contributed by atoms with E-state index in [9.17, 15) is 4.79 Å². The van der Waals surface area contributed by atoms with E-state index in [2.05, 4.69) is 55.5 Å². The zero-order valence-corrected chi connectivity index (χ0v) is 17.6. The second-order valence-electron chi connectivity index (χ2n) is 7.66. The van der Waals surface area contributed by atoms with Gasteiger partial charge in [0.15, 0.2) is 0 Å². The maximum Gasteiger partial charge on any atom is 0.257 e. The van der Waals surface area contributed by atoms with Crippen LogP contribution in [0.4, 0.5) is 0 Å². The Balaban J connectivity index is 0.00000261. The van der Waals surface area contributed by atoms with Crippen LogP contribution in [0.2, 0.25) is 0 Å². The maximum absolute atomic E-state index is 13.2. The number of halogens is 1. The summed E-state index contributed by atoms with van der Waals surface area (Å²) in [4.78, 5) is 15.2. The van der Waals surface area contributed by atoms with E-state index in [-0.39, 0.29) is 24.2 Å². The molecular weight excluding hydrogens is 360 g/mol. The van der Waals surface area contributed by atoms with Crippen molar-refractivity contribution in [2.45, 2.75) is 39.5 Å². The lowest BCUT2D eigenvalue weighted by Crippen LogP contribution is -2.42. The summed E-state index contributed by atoms with van der Waals surface area (Å²) >= 11 is 0. The molecule has 1 aromatic heterocycles. The Morgan fingerprint density at radius 1 is 1.30 bits per heavy atom. The van der Waals surface area contributed by atoms with Crippen LogP contribution in [0.15, 0.2) is 30.5 Å². The third-order valence-electron chi connectivity index (χ3n) is 5.16. The standard InChI is InChI=1S/C21H30N4O.ClH/c1-15(2)20-19(13-23-25(20)18-9-7-16(3)8-10-18)21(26)24-11-5-6-17(14-24)12-22-4;/h7-10,13,15,17,22H,5-6,11-12,14H2,1-4H3;1H. The summed E-state index contributed by atoms with van der Waals surface area (Å²) in [6.45, 7) is 8.95. The average molecular weight is 391 g/mol. The van der Waals surface area contributed by atoms with E-state index in [1.807, 2.05) is 16.6 Å². The molecule has 1 saturated heterocycles. The smallest absolute Gasteiger partial charge is 0.257 e. The Morgan fingerprint density at radius 3 is 2.63 bits per heavy atom. The van der Waals surface area contributed by atoms with Crippen molar-refractivity contribution >= 4 is 18.3 Å². The van der Waals surface area contributed by atoms with Gasteiger partial charge in [-0.1, -0.05) is 31.5 Å². The highest BCUT2D eigenvalue weighted by atomic mass is 35.5. The van der Waals surface area contributed by atoms with E-state index < -0.39 is 0 Å². The van der Waals surface area contributed by atoms with E-state index in [0.29, 0.717) is 5.92 Å². The van der Waals surface area contributed by atoms with Crippen LogP contribution in [0.25, 0.3) is 5.69 Å². The minimum absolute atomic E-state index is 0. The molecule has 27 heavy (non-hydrogen) atoms. The van der Waals surface area contributed by atoms with Crippen LogP contribution in [0, 0.1) is 12.8 Å². The number of aromatic nitrogens is 2. The number of amides is 1. The van der Waals surface area contributed by atoms with Gasteiger partial charge < -0.3 is 10.2 Å². The van der Waals surface area contributed by atoms with Crippen LogP contribution < -0.4 is 5.32 Å². The maximum atomic E-state index is 13.2. The summed E-state index contributed by atoms with van der Waals surface area (Å²) in [5, 5.41) is 7.81. The molecule has 6 heteroatoms. The number of nitrogens with zero attached hydrogens (tertiary/aromatic N) is 3. The van der Waals surface area contributed by atoms with Gasteiger partial charge in [0, 0.05) is 13.1 Å². The molecule has 5 nitrogen and oxygen atoms in total. The van der Waals surface area contributed by atoms with E-state index in [0.717, 1.165) is 43.0 Å². The van der Waals surface area contributed by atoms with Crippen LogP contribution in [-0.4, -0.2) is 47.3 Å². The van der Waals surface area contributed by atoms with Crippen molar-refractivity contribution in [3.63, 3.8) is 0 Å². The van der Waals surface area contributed by atoms with Crippen molar-refractivity contribution < 1.29 is 4.79 Å². The van der Waals surface area contributed by atoms with Gasteiger partial charge in [-0.15, -0.1) is 12.4 Å². The molecule has 3 rings (SSSR count). The van der Waals surface area contributed by atoms with Crippen molar-refractivity contribution in [1.29, 1.82) is 0 Å². The van der Waals surface area contributed by atoms with Crippen LogP contribution in [-0.2, 0) is 0 Å². The van der Waals surface area contributed by atoms with E-state index in [4.69, 9.17) is 0 Å². The molecule has 1 fully saturated rings. The predicted octanol–water partition coefficient (Wildman–Crippen LogP) is 3.80. The number of piperidine rings is 1. The topological polar surface area (TPSA) is 50.2 Å². The highest BCUT2D eigenvalue weighted by molar-refractivity contribution is 5.95. The molecule has 0 radical (unpaired) electrons. The van der Waals surface area contributed by atoms with Crippen molar-refractivity contribution in [3.05, 3.63) is 47.3 Å². The second-order valence-corrected chi connectivity index (χ2v) is 7.66. The first-order valence-corrected chi connectivity index (χ1v) is 9.60. The molecule has 1 unspecified atom stereocenters. The molecule has 1 aliphatic rings. The number of carbonyl (C=O) groups is 1. The van der Waals surface area contributed by atoms with Crippen LogP contribution >= 0.6 is 12.4 Å². The summed E-state index contributed by atoms with van der Waals surface area (Å²) < 4.78 is 1.92. The third kappa shape index (κ3) is 4.71. The first-order chi connectivity index (χ1) is 12.5. The van der Waals surface area contributed by atoms with Gasteiger partial charge in [0.05, 0.1) is 23.1 Å². The van der Waals surface area contributed by atoms with E-state index >= 15 is 0 Å². The van der Waals surface area contributed by atoms with Crippen molar-refractivity contribution in [3.8, 4) is 5.69 Å². The fraction of sp³-hybridized carbons (Fsp3) is 0.524. The molecule has 1 aliphatic heterocycles. The third-order valence-corrected chi connectivity index (χ3v) is 5.16. The van der Waals surface area contributed by atoms with Crippen LogP contribution in [0.5, 0.6) is 0 Å². The van der Waals surface area contributed by atoms with Crippen molar-refractivity contribution in [2.75, 3.05) is 26.7 Å². The summed E-state index contributed by atoms with van der Waals surface area (Å²) in [5.74, 6) is 0.871. The minimum Gasteiger partial charge on any atom is -0.338 e. The quantitative estimate of drug-likeness (QED) is 0.844. The van der Waals surface area contributed by atoms with Gasteiger partial charge in [-0.05, 0) is 57.3 Å². The molecule has 0 saturated carbocycles. The first kappa shape index (κ1) is 21.5. The molecule has 2 heterocycles. The van der Waals surface area contributed by atoms with Gasteiger partial charge in [-0.25, -0.2) is 4.68 Å². The molecule has 1 amide bonds. The largest absolute Gasteiger partial charge is 0.338 e. The Labute approximate surface area is 168 Å². The Bertz CT molecular complexity index is 752. The van der Waals surface area contributed by atoms with Gasteiger partial charge in [0.1, 0.15) is 0 Å². The molecular formula is C21H31ClN4O. The monoisotopic (exact) mass is 390 g/mol. The fourth-order valence-electron chi connectivity index (χ4n) is 3.85. The molecule has 0 bridgehead atoms. The van der Waals surface area contributed by atoms with Gasteiger partial charge in [0.2, 0.25) is 0 Å². The fourth-order valence-corrected chi connectivity index (χ4v) is 3.85. The number of benzene rings is 1. The zero-order chi connectivity index (χ0) is 18.7. The SMILES string of the molecule is CNCC1CCCN(C(=O)c2cnn(-c3ccc(C)cc3)c2C(C)C)C1.Cl. The lowest BCUT2D eigenvalue weighted by atomic mass is 9.96. The van der Waals surface area contributed by atoms with E-state index in [1.54, 1.807) is 6.20 Å². The molecule has 1 atom stereocenters. The van der Waals surface area contributed by atoms with Gasteiger partial charge in [-0.3, -0.25) is 4.79 Å². The Kier molecular flexibility index (Phi) is 7.45. The highest BCUT2D eigenvalue weighted by Crippen LogP contribution is 2.26. The number of aryl methyl sites for hydroxylation is 1. The molecule has 0 aliphatic carbocycles. The average Bonchev–Trinajstić information content (AvgIpc) is 3.07. The Hall–Kier alpha value is -1.85. The molecule has 1 aromatic carbocycles. The predicted molar refractivity (Wildman–Crippen MR) is 112 cm³/mol. The van der Waals surface area contributed by atoms with E-state index in [1.165, 1.54) is 12.0 Å². The number of likely N-dealkylation sites (tertiary alicyclic amines) is 1. The second kappa shape index (κ2) is 9.38. The number of rotatable bonds is 5. The summed E-state index contributed by atoms with van der Waals surface area (Å²) in [6.07, 6.45) is 4.00. The van der Waals surface area contributed by atoms with Crippen molar-refractivity contribution in [2.24, 2.45) is 5.92 Å². The highest BCUT2D eigenvalue weighted by Gasteiger charge is 2.28. The van der Waals surface area contributed by atoms with Crippen molar-refractivity contribution in [1.82, 2.24) is 20.0 Å². The lowest BCUT2D eigenvalue weighted by Gasteiger charge is -2.33. The number of nitrogens with one attached hydrogen (secondary N) is 1. The number of carbonyl (C=O) groups excluding carboxylic acids is 1. The lowest BCUT2D eigenvalue weighted by molar-refractivity contribution is 0.0672. The van der Waals surface area contributed by atoms with Crippen LogP contribution in [0.1, 0.15) is 54.2 Å². The van der Waals surface area contributed by atoms with Gasteiger partial charge >= 0.3 is 0 Å². The number of hydrogen-bond acceptors (Lipinski definition) is 3. The zero-order valence-electron chi connectivity index (χ0n) is 16.7. The summed E-state index contributed by atoms with van der Waals surface area (Å²) in [5.41, 5.74) is 3.96. The molecule has 0 spiro atoms. The molecule has 1 N–H and O–H groups in total. The van der Waals surface area contributed by atoms with Crippen LogP contribution in [0.3, 0.4) is 0 Å². The summed E-state index contributed by atoms with van der Waals surface area (Å²) in [7, 11) is 1.98. The normalized spacial score (nSPS) is 17.1. The summed E-state index contributed by atoms with van der Waals surface area (Å²) in [6, 6.07) is 8.28. The van der Waals surface area contributed by atoms with Gasteiger partial charge in [-0.2, -0.15) is 5.10 Å². The molecule has 2 aromatic rings. The minimum atomic E-state index is 0. The molecule has 148 valence electrons. The Morgan fingerprint density at radius 2 is 2.00 bits per heavy atom.